The van der Waals surface area contributed by atoms with Crippen molar-refractivity contribution in [1.29, 1.82) is 0 Å². The second-order valence-corrected chi connectivity index (χ2v) is 9.89. The van der Waals surface area contributed by atoms with Crippen LogP contribution < -0.4 is 9.64 Å². The van der Waals surface area contributed by atoms with Crippen molar-refractivity contribution in [3.8, 4) is 33.2 Å². The second-order valence-electron chi connectivity index (χ2n) is 8.94. The number of rotatable bonds is 3. The van der Waals surface area contributed by atoms with Gasteiger partial charge in [0.1, 0.15) is 0 Å². The van der Waals surface area contributed by atoms with Crippen molar-refractivity contribution in [1.82, 2.24) is 4.98 Å². The van der Waals surface area contributed by atoms with E-state index >= 15 is 0 Å². The van der Waals surface area contributed by atoms with Crippen LogP contribution in [0, 0.1) is 6.92 Å². The molecule has 1 aliphatic rings. The number of hydrogen-bond donors (Lipinski definition) is 0. The normalized spacial score (nSPS) is 12.2. The fraction of sp³-hybridized carbons (Fsp3) is 0.0312. The van der Waals surface area contributed by atoms with Crippen LogP contribution in [0.15, 0.2) is 115 Å². The molecule has 0 amide bonds. The Kier molecular flexibility index (Phi) is 4.86. The molecule has 0 fully saturated rings. The van der Waals surface area contributed by atoms with Gasteiger partial charge in [0, 0.05) is 21.4 Å². The number of fused-ring (bicyclic) bond motifs is 3. The van der Waals surface area contributed by atoms with E-state index in [1.54, 1.807) is 11.3 Å². The summed E-state index contributed by atoms with van der Waals surface area (Å²) in [6, 6.07) is 38.0. The number of anilines is 3. The highest BCUT2D eigenvalue weighted by Gasteiger charge is 2.27. The molecule has 36 heavy (non-hydrogen) atoms. The first-order valence-electron chi connectivity index (χ1n) is 12.0. The monoisotopic (exact) mass is 482 g/mol. The van der Waals surface area contributed by atoms with Crippen molar-refractivity contribution in [2.75, 3.05) is 4.90 Å². The minimum absolute atomic E-state index is 0.835. The lowest BCUT2D eigenvalue weighted by Crippen LogP contribution is -2.16. The van der Waals surface area contributed by atoms with Crippen LogP contribution in [0.4, 0.5) is 17.1 Å². The van der Waals surface area contributed by atoms with Crippen LogP contribution in [0.1, 0.15) is 5.56 Å². The summed E-state index contributed by atoms with van der Waals surface area (Å²) in [6.45, 7) is 2.11. The van der Waals surface area contributed by atoms with E-state index in [-0.39, 0.29) is 0 Å². The van der Waals surface area contributed by atoms with Crippen LogP contribution in [0.25, 0.3) is 32.6 Å². The fourth-order valence-corrected chi connectivity index (χ4v) is 5.64. The standard InChI is InChI=1S/C32H22N2OS/c1-21-15-17-22(18-16-21)25-20-24(31-14-7-19-36-31)23-8-6-11-28(32(23)33-25)34-26-9-2-4-12-29(26)35-30-13-5-3-10-27(30)34/h2-20H,1H3. The summed E-state index contributed by atoms with van der Waals surface area (Å²) < 4.78 is 6.27. The molecular weight excluding hydrogens is 460 g/mol. The van der Waals surface area contributed by atoms with E-state index in [9.17, 15) is 0 Å². The molecule has 2 aromatic heterocycles. The average Bonchev–Trinajstić information content (AvgIpc) is 3.46. The van der Waals surface area contributed by atoms with Crippen LogP contribution in [-0.2, 0) is 0 Å². The Balaban J connectivity index is 1.55. The number of thiophene rings is 1. The van der Waals surface area contributed by atoms with Crippen LogP contribution in [0.2, 0.25) is 0 Å². The van der Waals surface area contributed by atoms with Crippen molar-refractivity contribution in [3.05, 3.63) is 120 Å². The van der Waals surface area contributed by atoms with Gasteiger partial charge in [-0.3, -0.25) is 0 Å². The number of hydrogen-bond acceptors (Lipinski definition) is 4. The smallest absolute Gasteiger partial charge is 0.151 e. The minimum Gasteiger partial charge on any atom is -0.453 e. The largest absolute Gasteiger partial charge is 0.453 e. The van der Waals surface area contributed by atoms with Gasteiger partial charge in [-0.1, -0.05) is 72.3 Å². The van der Waals surface area contributed by atoms with Gasteiger partial charge < -0.3 is 9.64 Å². The third kappa shape index (κ3) is 3.38. The van der Waals surface area contributed by atoms with E-state index in [4.69, 9.17) is 9.72 Å². The van der Waals surface area contributed by atoms with Gasteiger partial charge in [-0.2, -0.15) is 0 Å². The molecule has 3 heterocycles. The summed E-state index contributed by atoms with van der Waals surface area (Å²) in [5.74, 6) is 1.67. The number of pyridine rings is 1. The molecular formula is C32H22N2OS. The Labute approximate surface area is 213 Å². The van der Waals surface area contributed by atoms with Gasteiger partial charge in [0.15, 0.2) is 11.5 Å². The van der Waals surface area contributed by atoms with E-state index in [0.29, 0.717) is 0 Å². The van der Waals surface area contributed by atoms with Crippen molar-refractivity contribution >= 4 is 39.3 Å². The molecule has 0 radical (unpaired) electrons. The van der Waals surface area contributed by atoms with Crippen LogP contribution >= 0.6 is 11.3 Å². The first-order valence-corrected chi connectivity index (χ1v) is 12.8. The van der Waals surface area contributed by atoms with Crippen molar-refractivity contribution in [2.45, 2.75) is 6.92 Å². The molecule has 3 nitrogen and oxygen atoms in total. The Morgan fingerprint density at radius 2 is 1.39 bits per heavy atom. The number of benzene rings is 4. The van der Waals surface area contributed by atoms with Gasteiger partial charge in [0.25, 0.3) is 0 Å². The van der Waals surface area contributed by atoms with Crippen LogP contribution in [0.5, 0.6) is 11.5 Å². The molecule has 1 aliphatic heterocycles. The maximum absolute atomic E-state index is 6.27. The van der Waals surface area contributed by atoms with Crippen LogP contribution in [0.3, 0.4) is 0 Å². The molecule has 0 atom stereocenters. The predicted molar refractivity (Wildman–Crippen MR) is 150 cm³/mol. The van der Waals surface area contributed by atoms with Crippen molar-refractivity contribution < 1.29 is 4.74 Å². The van der Waals surface area contributed by atoms with E-state index in [2.05, 4.69) is 102 Å². The van der Waals surface area contributed by atoms with Gasteiger partial charge in [0.2, 0.25) is 0 Å². The molecule has 6 aromatic rings. The van der Waals surface area contributed by atoms with Gasteiger partial charge in [-0.25, -0.2) is 4.98 Å². The molecule has 0 saturated carbocycles. The second kappa shape index (κ2) is 8.36. The molecule has 0 spiro atoms. The Morgan fingerprint density at radius 3 is 2.08 bits per heavy atom. The number of ether oxygens (including phenoxy) is 1. The molecule has 4 aromatic carbocycles. The van der Waals surface area contributed by atoms with E-state index < -0.39 is 0 Å². The summed E-state index contributed by atoms with van der Waals surface area (Å²) in [4.78, 5) is 8.80. The lowest BCUT2D eigenvalue weighted by atomic mass is 10.0. The Bertz CT molecular complexity index is 1680. The maximum Gasteiger partial charge on any atom is 0.151 e. The molecule has 0 bridgehead atoms. The SMILES string of the molecule is Cc1ccc(-c2cc(-c3cccs3)c3cccc(N4c5ccccc5Oc5ccccc54)c3n2)cc1. The van der Waals surface area contributed by atoms with E-state index in [0.717, 1.165) is 50.7 Å². The zero-order valence-electron chi connectivity index (χ0n) is 19.7. The van der Waals surface area contributed by atoms with Gasteiger partial charge in [0.05, 0.1) is 28.3 Å². The molecule has 4 heteroatoms. The summed E-state index contributed by atoms with van der Waals surface area (Å²) in [7, 11) is 0. The van der Waals surface area contributed by atoms with Gasteiger partial charge in [-0.15, -0.1) is 11.3 Å². The number of aryl methyl sites for hydroxylation is 1. The minimum atomic E-state index is 0.835. The zero-order valence-corrected chi connectivity index (χ0v) is 20.5. The van der Waals surface area contributed by atoms with Gasteiger partial charge >= 0.3 is 0 Å². The average molecular weight is 483 g/mol. The highest BCUT2D eigenvalue weighted by atomic mass is 32.1. The number of nitrogens with zero attached hydrogens (tertiary/aromatic N) is 2. The van der Waals surface area contributed by atoms with Gasteiger partial charge in [-0.05, 0) is 54.8 Å². The zero-order chi connectivity index (χ0) is 24.1. The quantitative estimate of drug-likeness (QED) is 0.251. The predicted octanol–water partition coefficient (Wildman–Crippen LogP) is 9.51. The summed E-state index contributed by atoms with van der Waals surface area (Å²) >= 11 is 1.75. The first-order chi connectivity index (χ1) is 17.8. The first kappa shape index (κ1) is 20.9. The van der Waals surface area contributed by atoms with Crippen molar-refractivity contribution in [2.24, 2.45) is 0 Å². The number of para-hydroxylation sites is 5. The summed E-state index contributed by atoms with van der Waals surface area (Å²) in [5, 5.41) is 3.26. The molecule has 0 unspecified atom stereocenters. The third-order valence-corrected chi connectivity index (χ3v) is 7.53. The van der Waals surface area contributed by atoms with E-state index in [1.807, 2.05) is 24.3 Å². The summed E-state index contributed by atoms with van der Waals surface area (Å²) in [6.07, 6.45) is 0. The lowest BCUT2D eigenvalue weighted by molar-refractivity contribution is 0.477. The van der Waals surface area contributed by atoms with Crippen LogP contribution in [-0.4, -0.2) is 4.98 Å². The molecule has 7 rings (SSSR count). The molecule has 0 aliphatic carbocycles. The Morgan fingerprint density at radius 1 is 0.694 bits per heavy atom. The molecule has 0 saturated heterocycles. The molecule has 0 N–H and O–H groups in total. The summed E-state index contributed by atoms with van der Waals surface area (Å²) in [5.41, 5.74) is 8.51. The topological polar surface area (TPSA) is 25.4 Å². The highest BCUT2D eigenvalue weighted by molar-refractivity contribution is 7.13. The lowest BCUT2D eigenvalue weighted by Gasteiger charge is -2.33. The van der Waals surface area contributed by atoms with E-state index in [1.165, 1.54) is 16.0 Å². The maximum atomic E-state index is 6.27. The highest BCUT2D eigenvalue weighted by Crippen LogP contribution is 2.51. The van der Waals surface area contributed by atoms with Crippen molar-refractivity contribution in [3.63, 3.8) is 0 Å². The molecule has 172 valence electrons. The fourth-order valence-electron chi connectivity index (χ4n) is 4.89. The Hall–Kier alpha value is -4.41. The third-order valence-electron chi connectivity index (χ3n) is 6.63. The number of aromatic nitrogens is 1.